The van der Waals surface area contributed by atoms with Crippen LogP contribution in [0.5, 0.6) is 11.8 Å². The largest absolute Gasteiger partial charge is 0.461 e. The zero-order chi connectivity index (χ0) is 14.7. The van der Waals surface area contributed by atoms with Crippen molar-refractivity contribution in [2.24, 2.45) is 0 Å². The third kappa shape index (κ3) is 2.84. The number of fused-ring (bicyclic) bond motifs is 1. The summed E-state index contributed by atoms with van der Waals surface area (Å²) in [7, 11) is 0. The Labute approximate surface area is 120 Å². The second-order valence-electron chi connectivity index (χ2n) is 4.18. The van der Waals surface area contributed by atoms with E-state index >= 15 is 0 Å². The molecule has 0 fully saturated rings. The summed E-state index contributed by atoms with van der Waals surface area (Å²) in [5.74, 6) is -0.0188. The molecule has 2 heterocycles. The molecule has 106 valence electrons. The van der Waals surface area contributed by atoms with E-state index in [0.29, 0.717) is 5.75 Å². The molecule has 0 saturated heterocycles. The van der Waals surface area contributed by atoms with E-state index in [1.807, 2.05) is 18.2 Å². The molecule has 0 aliphatic carbocycles. The summed E-state index contributed by atoms with van der Waals surface area (Å²) in [5, 5.41) is 1.00. The van der Waals surface area contributed by atoms with Crippen molar-refractivity contribution in [2.75, 3.05) is 6.61 Å². The molecule has 3 rings (SSSR count). The van der Waals surface area contributed by atoms with Crippen LogP contribution in [-0.2, 0) is 4.74 Å². The van der Waals surface area contributed by atoms with E-state index in [2.05, 4.69) is 9.97 Å². The van der Waals surface area contributed by atoms with Gasteiger partial charge in [0.1, 0.15) is 12.0 Å². The Morgan fingerprint density at radius 2 is 2.24 bits per heavy atom. The zero-order valence-corrected chi connectivity index (χ0v) is 11.3. The van der Waals surface area contributed by atoms with E-state index in [0.717, 1.165) is 10.9 Å². The van der Waals surface area contributed by atoms with Crippen LogP contribution in [0, 0.1) is 0 Å². The number of ether oxygens (including phenoxy) is 2. The number of aromatic nitrogens is 2. The number of carbonyl (C=O) groups excluding carboxylic acids is 1. The molecule has 0 saturated carbocycles. The standard InChI is InChI=1S/C15H12N2O4/c1-2-19-14(18)13-9-20-15(17-13)21-11-6-5-10-4-3-7-16-12(10)8-11/h3-9H,2H2,1H3. The highest BCUT2D eigenvalue weighted by molar-refractivity contribution is 5.86. The topological polar surface area (TPSA) is 74.5 Å². The molecular formula is C15H12N2O4. The lowest BCUT2D eigenvalue weighted by molar-refractivity contribution is 0.0519. The summed E-state index contributed by atoms with van der Waals surface area (Å²) < 4.78 is 15.4. The van der Waals surface area contributed by atoms with Crippen molar-refractivity contribution in [1.82, 2.24) is 9.97 Å². The van der Waals surface area contributed by atoms with Gasteiger partial charge in [-0.3, -0.25) is 4.98 Å². The normalized spacial score (nSPS) is 10.5. The number of esters is 1. The molecule has 0 amide bonds. The van der Waals surface area contributed by atoms with Crippen molar-refractivity contribution in [1.29, 1.82) is 0 Å². The fraction of sp³-hybridized carbons (Fsp3) is 0.133. The summed E-state index contributed by atoms with van der Waals surface area (Å²) in [5.41, 5.74) is 0.873. The van der Waals surface area contributed by atoms with Crippen LogP contribution in [0.1, 0.15) is 17.4 Å². The van der Waals surface area contributed by atoms with Crippen molar-refractivity contribution in [3.63, 3.8) is 0 Å². The molecule has 0 spiro atoms. The van der Waals surface area contributed by atoms with Gasteiger partial charge < -0.3 is 13.9 Å². The summed E-state index contributed by atoms with van der Waals surface area (Å²) in [6, 6.07) is 9.24. The molecule has 0 aliphatic rings. The highest BCUT2D eigenvalue weighted by Crippen LogP contribution is 2.24. The summed E-state index contributed by atoms with van der Waals surface area (Å²) in [6.07, 6.45) is 2.89. The van der Waals surface area contributed by atoms with Crippen molar-refractivity contribution in [2.45, 2.75) is 6.92 Å². The van der Waals surface area contributed by atoms with Crippen molar-refractivity contribution >= 4 is 16.9 Å². The highest BCUT2D eigenvalue weighted by Gasteiger charge is 2.14. The molecule has 0 unspecified atom stereocenters. The first-order valence-corrected chi connectivity index (χ1v) is 6.41. The molecule has 1 aromatic carbocycles. The zero-order valence-electron chi connectivity index (χ0n) is 11.3. The van der Waals surface area contributed by atoms with E-state index in [-0.39, 0.29) is 18.4 Å². The molecule has 0 N–H and O–H groups in total. The monoisotopic (exact) mass is 284 g/mol. The van der Waals surface area contributed by atoms with E-state index in [1.54, 1.807) is 25.3 Å². The molecule has 2 aromatic heterocycles. The van der Waals surface area contributed by atoms with Gasteiger partial charge in [0.2, 0.25) is 0 Å². The van der Waals surface area contributed by atoms with Gasteiger partial charge in [-0.15, -0.1) is 0 Å². The van der Waals surface area contributed by atoms with E-state index in [4.69, 9.17) is 13.9 Å². The molecule has 6 heteroatoms. The van der Waals surface area contributed by atoms with E-state index in [1.165, 1.54) is 6.26 Å². The van der Waals surface area contributed by atoms with Crippen LogP contribution < -0.4 is 4.74 Å². The molecule has 0 radical (unpaired) electrons. The Morgan fingerprint density at radius 3 is 3.10 bits per heavy atom. The van der Waals surface area contributed by atoms with Crippen LogP contribution in [0.25, 0.3) is 10.9 Å². The van der Waals surface area contributed by atoms with Crippen molar-refractivity contribution < 1.29 is 18.7 Å². The van der Waals surface area contributed by atoms with Gasteiger partial charge in [0.15, 0.2) is 5.69 Å². The maximum atomic E-state index is 11.5. The Hall–Kier alpha value is -2.89. The number of carbonyl (C=O) groups is 1. The smallest absolute Gasteiger partial charge is 0.399 e. The number of rotatable bonds is 4. The van der Waals surface area contributed by atoms with Gasteiger partial charge in [-0.05, 0) is 25.1 Å². The van der Waals surface area contributed by atoms with Gasteiger partial charge in [-0.1, -0.05) is 6.07 Å². The molecular weight excluding hydrogens is 272 g/mol. The van der Waals surface area contributed by atoms with Crippen molar-refractivity contribution in [3.05, 3.63) is 48.5 Å². The average Bonchev–Trinajstić information content (AvgIpc) is 2.96. The highest BCUT2D eigenvalue weighted by atomic mass is 16.6. The van der Waals surface area contributed by atoms with E-state index < -0.39 is 5.97 Å². The molecule has 0 atom stereocenters. The van der Waals surface area contributed by atoms with Crippen LogP contribution in [-0.4, -0.2) is 22.5 Å². The Balaban J connectivity index is 1.80. The second kappa shape index (κ2) is 5.62. The first-order chi connectivity index (χ1) is 10.3. The molecule has 3 aromatic rings. The average molecular weight is 284 g/mol. The third-order valence-corrected chi connectivity index (χ3v) is 2.75. The lowest BCUT2D eigenvalue weighted by atomic mass is 10.2. The number of benzene rings is 1. The fourth-order valence-electron chi connectivity index (χ4n) is 1.81. The van der Waals surface area contributed by atoms with Crippen LogP contribution >= 0.6 is 0 Å². The van der Waals surface area contributed by atoms with Crippen LogP contribution in [0.4, 0.5) is 0 Å². The summed E-state index contributed by atoms with van der Waals surface area (Å²) >= 11 is 0. The lowest BCUT2D eigenvalue weighted by Crippen LogP contribution is -2.04. The SMILES string of the molecule is CCOC(=O)c1coc(Oc2ccc3cccnc3c2)n1. The van der Waals surface area contributed by atoms with Gasteiger partial charge in [-0.2, -0.15) is 4.98 Å². The first-order valence-electron chi connectivity index (χ1n) is 6.41. The Bertz CT molecular complexity index is 782. The molecule has 21 heavy (non-hydrogen) atoms. The van der Waals surface area contributed by atoms with Gasteiger partial charge in [0.25, 0.3) is 0 Å². The lowest BCUT2D eigenvalue weighted by Gasteiger charge is -2.02. The quantitative estimate of drug-likeness (QED) is 0.685. The van der Waals surface area contributed by atoms with Gasteiger partial charge >= 0.3 is 12.0 Å². The summed E-state index contributed by atoms with van der Waals surface area (Å²) in [4.78, 5) is 19.6. The minimum atomic E-state index is -0.545. The third-order valence-electron chi connectivity index (χ3n) is 2.75. The van der Waals surface area contributed by atoms with Crippen LogP contribution in [0.3, 0.4) is 0 Å². The fourth-order valence-corrected chi connectivity index (χ4v) is 1.81. The van der Waals surface area contributed by atoms with E-state index in [9.17, 15) is 4.79 Å². The predicted molar refractivity (Wildman–Crippen MR) is 74.3 cm³/mol. The van der Waals surface area contributed by atoms with Crippen LogP contribution in [0.2, 0.25) is 0 Å². The minimum Gasteiger partial charge on any atom is -0.461 e. The predicted octanol–water partition coefficient (Wildman–Crippen LogP) is 3.19. The second-order valence-corrected chi connectivity index (χ2v) is 4.18. The molecule has 6 nitrogen and oxygen atoms in total. The maximum absolute atomic E-state index is 11.5. The summed E-state index contributed by atoms with van der Waals surface area (Å²) in [6.45, 7) is 2.00. The number of oxazole rings is 1. The molecule has 0 bridgehead atoms. The van der Waals surface area contributed by atoms with Crippen LogP contribution in [0.15, 0.2) is 47.2 Å². The first kappa shape index (κ1) is 13.1. The minimum absolute atomic E-state index is 0.0201. The van der Waals surface area contributed by atoms with Gasteiger partial charge in [-0.25, -0.2) is 4.79 Å². The van der Waals surface area contributed by atoms with Gasteiger partial charge in [0, 0.05) is 17.6 Å². The Morgan fingerprint density at radius 1 is 1.33 bits per heavy atom. The number of hydrogen-bond acceptors (Lipinski definition) is 6. The maximum Gasteiger partial charge on any atom is 0.399 e. The van der Waals surface area contributed by atoms with Crippen molar-refractivity contribution in [3.8, 4) is 11.8 Å². The van der Waals surface area contributed by atoms with Gasteiger partial charge in [0.05, 0.1) is 12.1 Å². The number of hydrogen-bond donors (Lipinski definition) is 0. The molecule has 0 aliphatic heterocycles. The Kier molecular flexibility index (Phi) is 3.51. The number of nitrogens with zero attached hydrogens (tertiary/aromatic N) is 2. The number of pyridine rings is 1.